The summed E-state index contributed by atoms with van der Waals surface area (Å²) in [6, 6.07) is 0.0497. The second-order valence-corrected chi connectivity index (χ2v) is 3.01. The number of aliphatic hydroxyl groups is 1. The van der Waals surface area contributed by atoms with Gasteiger partial charge in [0.25, 0.3) is 0 Å². The summed E-state index contributed by atoms with van der Waals surface area (Å²) < 4.78 is 0. The van der Waals surface area contributed by atoms with Crippen molar-refractivity contribution < 1.29 is 9.90 Å². The number of nitrogens with zero attached hydrogens (tertiary/aromatic N) is 1. The molecule has 68 valence electrons. The first-order chi connectivity index (χ1) is 5.79. The zero-order valence-electron chi connectivity index (χ0n) is 7.36. The fourth-order valence-corrected chi connectivity index (χ4v) is 1.55. The van der Waals surface area contributed by atoms with Crippen molar-refractivity contribution in [3.63, 3.8) is 0 Å². The molecule has 1 heterocycles. The quantitative estimate of drug-likeness (QED) is 0.613. The summed E-state index contributed by atoms with van der Waals surface area (Å²) in [6.07, 6.45) is 5.22. The number of amides is 1. The first kappa shape index (κ1) is 9.26. The Morgan fingerprint density at radius 1 is 1.75 bits per heavy atom. The van der Waals surface area contributed by atoms with Crippen LogP contribution in [0.2, 0.25) is 0 Å². The van der Waals surface area contributed by atoms with Crippen molar-refractivity contribution >= 4 is 5.91 Å². The topological polar surface area (TPSA) is 40.5 Å². The Morgan fingerprint density at radius 2 is 2.50 bits per heavy atom. The van der Waals surface area contributed by atoms with Gasteiger partial charge in [0.05, 0.1) is 12.6 Å². The molecule has 3 heteroatoms. The van der Waals surface area contributed by atoms with E-state index in [1.165, 1.54) is 0 Å². The molecule has 1 fully saturated rings. The van der Waals surface area contributed by atoms with Gasteiger partial charge in [-0.2, -0.15) is 0 Å². The Morgan fingerprint density at radius 3 is 3.08 bits per heavy atom. The SMILES string of the molecule is C/C=C/C(=O)N1CCC[C@@H]1CO. The van der Waals surface area contributed by atoms with Crippen molar-refractivity contribution in [2.24, 2.45) is 0 Å². The van der Waals surface area contributed by atoms with Crippen LogP contribution >= 0.6 is 0 Å². The lowest BCUT2D eigenvalue weighted by molar-refractivity contribution is -0.127. The summed E-state index contributed by atoms with van der Waals surface area (Å²) in [5.74, 6) is 0.0223. The van der Waals surface area contributed by atoms with Crippen LogP contribution in [0.4, 0.5) is 0 Å². The molecule has 1 atom stereocenters. The van der Waals surface area contributed by atoms with Crippen LogP contribution in [0.15, 0.2) is 12.2 Å². The lowest BCUT2D eigenvalue weighted by atomic mass is 10.2. The van der Waals surface area contributed by atoms with Crippen LogP contribution in [-0.4, -0.2) is 35.1 Å². The molecule has 3 nitrogen and oxygen atoms in total. The minimum absolute atomic E-state index is 0.0223. The summed E-state index contributed by atoms with van der Waals surface area (Å²) >= 11 is 0. The summed E-state index contributed by atoms with van der Waals surface area (Å²) in [4.78, 5) is 13.1. The zero-order valence-corrected chi connectivity index (χ0v) is 7.36. The Balaban J connectivity index is 2.55. The maximum absolute atomic E-state index is 11.3. The number of aliphatic hydroxyl groups excluding tert-OH is 1. The van der Waals surface area contributed by atoms with E-state index in [9.17, 15) is 4.79 Å². The molecular formula is C9H15NO2. The Labute approximate surface area is 72.7 Å². The van der Waals surface area contributed by atoms with Crippen molar-refractivity contribution in [3.05, 3.63) is 12.2 Å². The molecule has 0 aromatic heterocycles. The molecule has 12 heavy (non-hydrogen) atoms. The lowest BCUT2D eigenvalue weighted by Crippen LogP contribution is -2.36. The highest BCUT2D eigenvalue weighted by molar-refractivity contribution is 5.87. The number of carbonyl (C=O) groups is 1. The maximum Gasteiger partial charge on any atom is 0.246 e. The largest absolute Gasteiger partial charge is 0.394 e. The van der Waals surface area contributed by atoms with Gasteiger partial charge in [0, 0.05) is 6.54 Å². The van der Waals surface area contributed by atoms with E-state index in [0.29, 0.717) is 0 Å². The summed E-state index contributed by atoms with van der Waals surface area (Å²) in [5, 5.41) is 8.94. The minimum atomic E-state index is 0.0223. The van der Waals surface area contributed by atoms with Crippen LogP contribution in [-0.2, 0) is 4.79 Å². The summed E-state index contributed by atoms with van der Waals surface area (Å²) in [7, 11) is 0. The molecule has 0 aliphatic carbocycles. The van der Waals surface area contributed by atoms with Gasteiger partial charge in [0.2, 0.25) is 5.91 Å². The van der Waals surface area contributed by atoms with Gasteiger partial charge in [-0.15, -0.1) is 0 Å². The molecule has 1 rings (SSSR count). The Kier molecular flexibility index (Phi) is 3.29. The number of allylic oxidation sites excluding steroid dienone is 1. The van der Waals surface area contributed by atoms with E-state index < -0.39 is 0 Å². The van der Waals surface area contributed by atoms with E-state index in [-0.39, 0.29) is 18.6 Å². The zero-order chi connectivity index (χ0) is 8.97. The summed E-state index contributed by atoms with van der Waals surface area (Å²) in [6.45, 7) is 2.69. The smallest absolute Gasteiger partial charge is 0.246 e. The van der Waals surface area contributed by atoms with Crippen LogP contribution < -0.4 is 0 Å². The molecule has 1 aliphatic heterocycles. The molecule has 0 bridgehead atoms. The normalized spacial score (nSPS) is 23.8. The fourth-order valence-electron chi connectivity index (χ4n) is 1.55. The number of carbonyl (C=O) groups excluding carboxylic acids is 1. The number of likely N-dealkylation sites (tertiary alicyclic amines) is 1. The third-order valence-corrected chi connectivity index (χ3v) is 2.18. The first-order valence-electron chi connectivity index (χ1n) is 4.33. The lowest BCUT2D eigenvalue weighted by Gasteiger charge is -2.21. The Hall–Kier alpha value is -0.830. The predicted molar refractivity (Wildman–Crippen MR) is 46.6 cm³/mol. The molecule has 1 aliphatic rings. The highest BCUT2D eigenvalue weighted by Crippen LogP contribution is 2.16. The molecule has 1 N–H and O–H groups in total. The molecule has 1 saturated heterocycles. The van der Waals surface area contributed by atoms with Crippen LogP contribution in [0, 0.1) is 0 Å². The fraction of sp³-hybridized carbons (Fsp3) is 0.667. The highest BCUT2D eigenvalue weighted by atomic mass is 16.3. The third-order valence-electron chi connectivity index (χ3n) is 2.18. The van der Waals surface area contributed by atoms with E-state index >= 15 is 0 Å². The van der Waals surface area contributed by atoms with E-state index in [2.05, 4.69) is 0 Å². The molecule has 0 saturated carbocycles. The van der Waals surface area contributed by atoms with Crippen LogP contribution in [0.5, 0.6) is 0 Å². The van der Waals surface area contributed by atoms with Crippen LogP contribution in [0.25, 0.3) is 0 Å². The van der Waals surface area contributed by atoms with Crippen molar-refractivity contribution in [2.45, 2.75) is 25.8 Å². The molecule has 0 radical (unpaired) electrons. The predicted octanol–water partition coefficient (Wildman–Crippen LogP) is 0.546. The summed E-state index contributed by atoms with van der Waals surface area (Å²) in [5.41, 5.74) is 0. The van der Waals surface area contributed by atoms with Gasteiger partial charge in [-0.3, -0.25) is 4.79 Å². The van der Waals surface area contributed by atoms with Gasteiger partial charge in [0.15, 0.2) is 0 Å². The molecule has 0 spiro atoms. The molecule has 0 aromatic rings. The van der Waals surface area contributed by atoms with Gasteiger partial charge in [-0.25, -0.2) is 0 Å². The van der Waals surface area contributed by atoms with E-state index in [4.69, 9.17) is 5.11 Å². The third kappa shape index (κ3) is 1.85. The first-order valence-corrected chi connectivity index (χ1v) is 4.33. The van der Waals surface area contributed by atoms with E-state index in [1.54, 1.807) is 17.1 Å². The van der Waals surface area contributed by atoms with Crippen molar-refractivity contribution in [2.75, 3.05) is 13.2 Å². The molecular weight excluding hydrogens is 154 g/mol. The van der Waals surface area contributed by atoms with Gasteiger partial charge in [-0.1, -0.05) is 6.08 Å². The second kappa shape index (κ2) is 4.26. The molecule has 1 amide bonds. The second-order valence-electron chi connectivity index (χ2n) is 3.01. The average molecular weight is 169 g/mol. The monoisotopic (exact) mass is 169 g/mol. The van der Waals surface area contributed by atoms with Crippen molar-refractivity contribution in [1.29, 1.82) is 0 Å². The minimum Gasteiger partial charge on any atom is -0.394 e. The van der Waals surface area contributed by atoms with Gasteiger partial charge >= 0.3 is 0 Å². The van der Waals surface area contributed by atoms with Gasteiger partial charge < -0.3 is 10.0 Å². The Bertz CT molecular complexity index is 189. The van der Waals surface area contributed by atoms with Crippen molar-refractivity contribution in [3.8, 4) is 0 Å². The van der Waals surface area contributed by atoms with Crippen molar-refractivity contribution in [1.82, 2.24) is 4.90 Å². The number of hydrogen-bond acceptors (Lipinski definition) is 2. The number of rotatable bonds is 2. The van der Waals surface area contributed by atoms with Gasteiger partial charge in [-0.05, 0) is 25.8 Å². The molecule has 0 aromatic carbocycles. The van der Waals surface area contributed by atoms with E-state index in [0.717, 1.165) is 19.4 Å². The average Bonchev–Trinajstić information content (AvgIpc) is 2.51. The van der Waals surface area contributed by atoms with Crippen LogP contribution in [0.1, 0.15) is 19.8 Å². The van der Waals surface area contributed by atoms with Gasteiger partial charge in [0.1, 0.15) is 0 Å². The number of hydrogen-bond donors (Lipinski definition) is 1. The standard InChI is InChI=1S/C9H15NO2/c1-2-4-9(12)10-6-3-5-8(10)7-11/h2,4,8,11H,3,5-7H2,1H3/b4-2+/t8-/m1/s1. The molecule has 0 unspecified atom stereocenters. The highest BCUT2D eigenvalue weighted by Gasteiger charge is 2.26. The maximum atomic E-state index is 11.3. The van der Waals surface area contributed by atoms with Crippen LogP contribution in [0.3, 0.4) is 0 Å². The van der Waals surface area contributed by atoms with E-state index in [1.807, 2.05) is 6.92 Å².